The van der Waals surface area contributed by atoms with Crippen molar-refractivity contribution >= 4 is 17.5 Å². The molecule has 44 heavy (non-hydrogen) atoms. The summed E-state index contributed by atoms with van der Waals surface area (Å²) in [5.74, 6) is 1.70. The van der Waals surface area contributed by atoms with Gasteiger partial charge in [0, 0.05) is 48.6 Å². The topological polar surface area (TPSA) is 80.3 Å². The molecule has 2 amide bonds. The lowest BCUT2D eigenvalue weighted by Crippen LogP contribution is -2.45. The average molecular weight is 588 g/mol. The summed E-state index contributed by atoms with van der Waals surface area (Å²) in [5, 5.41) is 3.29. The first-order valence-corrected chi connectivity index (χ1v) is 15.2. The van der Waals surface area contributed by atoms with Crippen LogP contribution in [0.4, 0.5) is 5.69 Å². The van der Waals surface area contributed by atoms with Crippen LogP contribution in [0, 0.1) is 0 Å². The van der Waals surface area contributed by atoms with Crippen molar-refractivity contribution in [1.82, 2.24) is 10.2 Å². The smallest absolute Gasteiger partial charge is 0.251 e. The number of piperidine rings is 1. The van der Waals surface area contributed by atoms with E-state index in [9.17, 15) is 9.59 Å². The third kappa shape index (κ3) is 4.40. The molecule has 8 heteroatoms. The third-order valence-electron chi connectivity index (χ3n) is 9.41. The van der Waals surface area contributed by atoms with Gasteiger partial charge >= 0.3 is 0 Å². The predicted octanol–water partition coefficient (Wildman–Crippen LogP) is 5.04. The van der Waals surface area contributed by atoms with E-state index in [2.05, 4.69) is 34.5 Å². The van der Waals surface area contributed by atoms with Gasteiger partial charge in [-0.15, -0.1) is 0 Å². The Kier molecular flexibility index (Phi) is 6.52. The fourth-order valence-corrected chi connectivity index (χ4v) is 7.11. The molecule has 4 aromatic carbocycles. The summed E-state index contributed by atoms with van der Waals surface area (Å²) in [5.41, 5.74) is 4.22. The minimum Gasteiger partial charge on any atom is -0.491 e. The second-order valence-corrected chi connectivity index (χ2v) is 12.0. The fraction of sp³-hybridized carbons (Fsp3) is 0.278. The Balaban J connectivity index is 1.02. The number of amides is 2. The number of benzene rings is 4. The van der Waals surface area contributed by atoms with E-state index in [4.69, 9.17) is 14.2 Å². The molecule has 0 radical (unpaired) electrons. The second-order valence-electron chi connectivity index (χ2n) is 12.0. The van der Waals surface area contributed by atoms with E-state index in [-0.39, 0.29) is 37.8 Å². The van der Waals surface area contributed by atoms with Gasteiger partial charge in [-0.1, -0.05) is 66.7 Å². The Morgan fingerprint density at radius 2 is 1.52 bits per heavy atom. The number of likely N-dealkylation sites (tertiary alicyclic amines) is 1. The number of fused-ring (bicyclic) bond motifs is 5. The standard InChI is InChI=1S/C36H33N3O5/c40-34(37-26-14-16-38(17-15-26)20-24-8-2-1-3-9-24)27-11-5-4-10-25(27)21-39-30-13-7-6-12-28(30)36(35(39)41)22-42-31-19-33-32(18-29(31)36)43-23-44-33/h1-13,18-19,26H,14-17,20-23H2,(H,37,40). The summed E-state index contributed by atoms with van der Waals surface area (Å²) in [7, 11) is 0. The molecule has 4 aliphatic rings. The number of para-hydroxylation sites is 1. The lowest BCUT2D eigenvalue weighted by Gasteiger charge is -2.32. The normalized spacial score (nSPS) is 20.5. The Morgan fingerprint density at radius 3 is 2.36 bits per heavy atom. The van der Waals surface area contributed by atoms with E-state index in [1.807, 2.05) is 66.7 Å². The number of rotatable bonds is 6. The van der Waals surface area contributed by atoms with Crippen LogP contribution in [-0.4, -0.2) is 49.2 Å². The van der Waals surface area contributed by atoms with Gasteiger partial charge in [0.05, 0.1) is 6.54 Å². The Hall–Kier alpha value is -4.82. The maximum Gasteiger partial charge on any atom is 0.251 e. The van der Waals surface area contributed by atoms with E-state index in [1.54, 1.807) is 4.90 Å². The van der Waals surface area contributed by atoms with Gasteiger partial charge in [0.2, 0.25) is 12.7 Å². The molecule has 8 rings (SSSR count). The predicted molar refractivity (Wildman–Crippen MR) is 165 cm³/mol. The van der Waals surface area contributed by atoms with Gasteiger partial charge in [-0.3, -0.25) is 14.5 Å². The van der Waals surface area contributed by atoms with E-state index < -0.39 is 5.41 Å². The second kappa shape index (κ2) is 10.7. The van der Waals surface area contributed by atoms with Gasteiger partial charge in [-0.2, -0.15) is 0 Å². The molecule has 222 valence electrons. The maximum atomic E-state index is 14.5. The molecule has 0 saturated carbocycles. The van der Waals surface area contributed by atoms with E-state index >= 15 is 0 Å². The van der Waals surface area contributed by atoms with Crippen molar-refractivity contribution < 1.29 is 23.8 Å². The Morgan fingerprint density at radius 1 is 0.795 bits per heavy atom. The zero-order valence-corrected chi connectivity index (χ0v) is 24.3. The van der Waals surface area contributed by atoms with Crippen molar-refractivity contribution in [2.75, 3.05) is 31.4 Å². The molecule has 4 aliphatic heterocycles. The van der Waals surface area contributed by atoms with E-state index in [0.29, 0.717) is 22.8 Å². The van der Waals surface area contributed by atoms with Crippen molar-refractivity contribution in [3.05, 3.63) is 119 Å². The molecule has 1 saturated heterocycles. The molecule has 1 N–H and O–H groups in total. The largest absolute Gasteiger partial charge is 0.491 e. The summed E-state index contributed by atoms with van der Waals surface area (Å²) >= 11 is 0. The number of carbonyl (C=O) groups is 2. The first-order chi connectivity index (χ1) is 21.6. The highest BCUT2D eigenvalue weighted by Gasteiger charge is 2.57. The Labute approximate surface area is 256 Å². The van der Waals surface area contributed by atoms with Crippen LogP contribution in [0.5, 0.6) is 17.2 Å². The third-order valence-corrected chi connectivity index (χ3v) is 9.41. The van der Waals surface area contributed by atoms with Gasteiger partial charge in [-0.05, 0) is 47.7 Å². The molecular formula is C36H33N3O5. The van der Waals surface area contributed by atoms with Crippen LogP contribution in [0.15, 0.2) is 91.0 Å². The maximum absolute atomic E-state index is 14.5. The number of hydrogen-bond donors (Lipinski definition) is 1. The van der Waals surface area contributed by atoms with Gasteiger partial charge in [0.25, 0.3) is 5.91 Å². The summed E-state index contributed by atoms with van der Waals surface area (Å²) in [4.78, 5) is 32.4. The minimum atomic E-state index is -0.988. The van der Waals surface area contributed by atoms with Gasteiger partial charge in [0.15, 0.2) is 11.5 Å². The molecule has 1 unspecified atom stereocenters. The quantitative estimate of drug-likeness (QED) is 0.341. The highest BCUT2D eigenvalue weighted by Crippen LogP contribution is 2.55. The van der Waals surface area contributed by atoms with Crippen LogP contribution < -0.4 is 24.4 Å². The number of anilines is 1. The lowest BCUT2D eigenvalue weighted by atomic mass is 9.77. The number of nitrogens with zero attached hydrogens (tertiary/aromatic N) is 2. The van der Waals surface area contributed by atoms with Crippen LogP contribution in [0.1, 0.15) is 45.5 Å². The van der Waals surface area contributed by atoms with Crippen molar-refractivity contribution in [2.45, 2.75) is 37.4 Å². The van der Waals surface area contributed by atoms with Crippen molar-refractivity contribution in [1.29, 1.82) is 0 Å². The number of carbonyl (C=O) groups excluding carboxylic acids is 2. The van der Waals surface area contributed by atoms with Gasteiger partial charge < -0.3 is 24.4 Å². The Bertz CT molecular complexity index is 1750. The molecule has 1 spiro atoms. The van der Waals surface area contributed by atoms with E-state index in [0.717, 1.165) is 54.9 Å². The molecule has 1 atom stereocenters. The molecule has 0 aliphatic carbocycles. The van der Waals surface area contributed by atoms with Crippen LogP contribution in [0.25, 0.3) is 0 Å². The summed E-state index contributed by atoms with van der Waals surface area (Å²) in [6, 6.07) is 29.8. The fourth-order valence-electron chi connectivity index (χ4n) is 7.11. The first kappa shape index (κ1) is 26.8. The molecule has 8 nitrogen and oxygen atoms in total. The summed E-state index contributed by atoms with van der Waals surface area (Å²) < 4.78 is 17.3. The molecule has 1 fully saturated rings. The van der Waals surface area contributed by atoms with Crippen LogP contribution in [0.2, 0.25) is 0 Å². The summed E-state index contributed by atoms with van der Waals surface area (Å²) in [6.45, 7) is 3.42. The highest BCUT2D eigenvalue weighted by molar-refractivity contribution is 6.11. The molecule has 4 aromatic rings. The average Bonchev–Trinajstić information content (AvgIpc) is 3.74. The van der Waals surface area contributed by atoms with Crippen LogP contribution in [0.3, 0.4) is 0 Å². The van der Waals surface area contributed by atoms with Crippen molar-refractivity contribution in [3.63, 3.8) is 0 Å². The van der Waals surface area contributed by atoms with Crippen molar-refractivity contribution in [2.24, 2.45) is 0 Å². The monoisotopic (exact) mass is 587 g/mol. The lowest BCUT2D eigenvalue weighted by molar-refractivity contribution is -0.122. The van der Waals surface area contributed by atoms with E-state index in [1.165, 1.54) is 5.56 Å². The van der Waals surface area contributed by atoms with Crippen molar-refractivity contribution in [3.8, 4) is 17.2 Å². The summed E-state index contributed by atoms with van der Waals surface area (Å²) in [6.07, 6.45) is 1.80. The minimum absolute atomic E-state index is 0.0719. The van der Waals surface area contributed by atoms with Crippen LogP contribution >= 0.6 is 0 Å². The molecule has 0 aromatic heterocycles. The van der Waals surface area contributed by atoms with Gasteiger partial charge in [-0.25, -0.2) is 0 Å². The number of nitrogens with one attached hydrogen (secondary N) is 1. The number of hydrogen-bond acceptors (Lipinski definition) is 6. The molecule has 0 bridgehead atoms. The highest BCUT2D eigenvalue weighted by atomic mass is 16.7. The molecule has 4 heterocycles. The van der Waals surface area contributed by atoms with Gasteiger partial charge in [0.1, 0.15) is 17.8 Å². The zero-order chi connectivity index (χ0) is 29.7. The SMILES string of the molecule is O=C(NC1CCN(Cc2ccccc2)CC1)c1ccccc1CN1C(=O)C2(COc3cc4c(cc32)OCO4)c2ccccc21. The molecular weight excluding hydrogens is 554 g/mol. The van der Waals surface area contributed by atoms with Crippen LogP contribution in [-0.2, 0) is 23.3 Å². The number of ether oxygens (including phenoxy) is 3. The first-order valence-electron chi connectivity index (χ1n) is 15.2. The zero-order valence-electron chi connectivity index (χ0n) is 24.3.